The summed E-state index contributed by atoms with van der Waals surface area (Å²) in [6.07, 6.45) is 13.5. The van der Waals surface area contributed by atoms with Gasteiger partial charge in [0.2, 0.25) is 22.8 Å². The molecule has 6 aromatic carbocycles. The van der Waals surface area contributed by atoms with Crippen molar-refractivity contribution in [2.24, 2.45) is 0 Å². The van der Waals surface area contributed by atoms with Crippen LogP contribution in [-0.2, 0) is 51.9 Å². The molecule has 4 aromatic heterocycles. The number of aromatic nitrogens is 4. The molecule has 0 bridgehead atoms. The summed E-state index contributed by atoms with van der Waals surface area (Å²) in [6, 6.07) is 44.6. The van der Waals surface area contributed by atoms with Crippen LogP contribution in [0.1, 0.15) is 44.5 Å². The van der Waals surface area contributed by atoms with Crippen LogP contribution in [0.4, 0.5) is 0 Å². The summed E-state index contributed by atoms with van der Waals surface area (Å²) >= 11 is 0. The Kier molecular flexibility index (Phi) is 13.8. The molecular weight excluding hydrogens is 1280 g/mol. The quantitative estimate of drug-likeness (QED) is 0.141. The van der Waals surface area contributed by atoms with Crippen LogP contribution in [-0.4, -0.2) is 0 Å². The monoisotopic (exact) mass is 1340 g/mol. The van der Waals surface area contributed by atoms with Gasteiger partial charge in [0.15, 0.2) is 51.0 Å². The SMILES string of the molecule is Cc1c(C)c2c(c3c1CC[n+]1ccc4ccccc4c1-3)-c1c3ccccc3cc[n+]1CC2.Cc1c(C)c2c(c3c1CC[n+]1ccc4ccccc4c1-3)-c1c3ccccc3cc[n+]1CC2.[I-].[I-].[I-].[I-]. The molecule has 68 heavy (non-hydrogen) atoms. The smallest absolute Gasteiger partial charge is 0.221 e. The Balaban J connectivity index is 0.000000160. The highest BCUT2D eigenvalue weighted by Crippen LogP contribution is 2.48. The number of rotatable bonds is 0. The standard InChI is InChI=1S/2C30H26N2.4HI/c2*1-19-20(2)24-14-18-32-16-12-22-8-4-6-10-26(22)30(32)28(24)27-23(19)13-17-31-15-11-21-7-3-5-9-25(21)29(27)31;;;;/h2*3-12,15-16H,13-14,17-18H2,1-2H3;4*1H/q2*+2;;;;/p-4. The predicted octanol–water partition coefficient (Wildman–Crippen LogP) is -0.722. The van der Waals surface area contributed by atoms with Crippen molar-refractivity contribution < 1.29 is 114 Å². The number of fused-ring (bicyclic) bond motifs is 22. The highest BCUT2D eigenvalue weighted by Gasteiger charge is 2.40. The van der Waals surface area contributed by atoms with Gasteiger partial charge in [-0.15, -0.1) is 0 Å². The first-order chi connectivity index (χ1) is 31.4. The Morgan fingerprint density at radius 1 is 0.279 bits per heavy atom. The Morgan fingerprint density at radius 2 is 0.485 bits per heavy atom. The van der Waals surface area contributed by atoms with Gasteiger partial charge in [0, 0.05) is 49.9 Å². The third kappa shape index (κ3) is 7.41. The average Bonchev–Trinajstić information content (AvgIpc) is 3.35. The van der Waals surface area contributed by atoms with E-state index in [-0.39, 0.29) is 95.9 Å². The molecule has 8 heterocycles. The van der Waals surface area contributed by atoms with Gasteiger partial charge in [-0.3, -0.25) is 0 Å². The van der Waals surface area contributed by atoms with Crippen molar-refractivity contribution in [1.82, 2.24) is 0 Å². The normalized spacial score (nSPS) is 13.2. The summed E-state index contributed by atoms with van der Waals surface area (Å²) < 4.78 is 9.96. The molecule has 14 rings (SSSR count). The van der Waals surface area contributed by atoms with Crippen molar-refractivity contribution in [2.75, 3.05) is 0 Å². The topological polar surface area (TPSA) is 15.5 Å². The van der Waals surface area contributed by atoms with Crippen LogP contribution < -0.4 is 114 Å². The van der Waals surface area contributed by atoms with Crippen molar-refractivity contribution in [3.63, 3.8) is 0 Å². The summed E-state index contributed by atoms with van der Waals surface area (Å²) in [6.45, 7) is 13.6. The van der Waals surface area contributed by atoms with Gasteiger partial charge in [-0.05, 0) is 118 Å². The van der Waals surface area contributed by atoms with E-state index in [1.54, 1.807) is 22.3 Å². The lowest BCUT2D eigenvalue weighted by atomic mass is 9.78. The van der Waals surface area contributed by atoms with Crippen molar-refractivity contribution >= 4 is 43.1 Å². The maximum absolute atomic E-state index is 2.49. The van der Waals surface area contributed by atoms with Gasteiger partial charge in [-0.25, -0.2) is 0 Å². The number of aryl methyl sites for hydroxylation is 4. The average molecular weight is 1340 g/mol. The maximum atomic E-state index is 2.49. The molecule has 4 nitrogen and oxygen atoms in total. The molecule has 340 valence electrons. The molecule has 0 fully saturated rings. The van der Waals surface area contributed by atoms with Crippen LogP contribution in [0.3, 0.4) is 0 Å². The lowest BCUT2D eigenvalue weighted by Crippen LogP contribution is -3.00. The van der Waals surface area contributed by atoms with E-state index in [2.05, 4.69) is 192 Å². The first-order valence-corrected chi connectivity index (χ1v) is 23.4. The largest absolute Gasteiger partial charge is 1.00 e. The van der Waals surface area contributed by atoms with Gasteiger partial charge >= 0.3 is 0 Å². The van der Waals surface area contributed by atoms with Crippen LogP contribution in [0.2, 0.25) is 0 Å². The second-order valence-corrected chi connectivity index (χ2v) is 18.7. The zero-order valence-electron chi connectivity index (χ0n) is 38.8. The van der Waals surface area contributed by atoms with Gasteiger partial charge in [0.25, 0.3) is 0 Å². The van der Waals surface area contributed by atoms with Crippen molar-refractivity contribution in [3.05, 3.63) is 191 Å². The molecule has 0 saturated heterocycles. The number of benzene rings is 6. The van der Waals surface area contributed by atoms with E-state index in [0.717, 1.165) is 51.9 Å². The molecule has 0 unspecified atom stereocenters. The minimum absolute atomic E-state index is 0. The zero-order valence-corrected chi connectivity index (χ0v) is 47.4. The molecule has 0 spiro atoms. The lowest BCUT2D eigenvalue weighted by Gasteiger charge is -2.27. The first-order valence-electron chi connectivity index (χ1n) is 23.4. The molecule has 0 aliphatic carbocycles. The molecule has 0 atom stereocenters. The first kappa shape index (κ1) is 48.9. The number of nitrogens with zero attached hydrogens (tertiary/aromatic N) is 4. The van der Waals surface area contributed by atoms with E-state index in [1.165, 1.54) is 110 Å². The van der Waals surface area contributed by atoms with Crippen LogP contribution in [0.15, 0.2) is 146 Å². The third-order valence-electron chi connectivity index (χ3n) is 15.7. The summed E-state index contributed by atoms with van der Waals surface area (Å²) in [4.78, 5) is 0. The van der Waals surface area contributed by atoms with Crippen molar-refractivity contribution in [1.29, 1.82) is 0 Å². The van der Waals surface area contributed by atoms with E-state index >= 15 is 0 Å². The fourth-order valence-electron chi connectivity index (χ4n) is 12.4. The van der Waals surface area contributed by atoms with Gasteiger partial charge in [0.05, 0.1) is 43.8 Å². The lowest BCUT2D eigenvalue weighted by molar-refractivity contribution is -0.688. The van der Waals surface area contributed by atoms with E-state index < -0.39 is 0 Å². The summed E-state index contributed by atoms with van der Waals surface area (Å²) in [5, 5.41) is 10.7. The summed E-state index contributed by atoms with van der Waals surface area (Å²) in [7, 11) is 0. The van der Waals surface area contributed by atoms with Crippen molar-refractivity contribution in [3.8, 4) is 45.0 Å². The van der Waals surface area contributed by atoms with Crippen molar-refractivity contribution in [2.45, 2.75) is 79.6 Å². The molecule has 0 saturated carbocycles. The summed E-state index contributed by atoms with van der Waals surface area (Å²) in [5.74, 6) is 0. The Morgan fingerprint density at radius 3 is 0.706 bits per heavy atom. The van der Waals surface area contributed by atoms with E-state index in [1.807, 2.05) is 0 Å². The molecule has 10 aromatic rings. The molecular formula is C60H52I4N4. The fraction of sp³-hybridized carbons (Fsp3) is 0.200. The maximum Gasteiger partial charge on any atom is 0.221 e. The third-order valence-corrected chi connectivity index (χ3v) is 15.7. The van der Waals surface area contributed by atoms with Gasteiger partial charge in [-0.1, -0.05) is 72.8 Å². The molecule has 4 aliphatic heterocycles. The van der Waals surface area contributed by atoms with E-state index in [0.29, 0.717) is 0 Å². The van der Waals surface area contributed by atoms with Gasteiger partial charge < -0.3 is 95.9 Å². The fourth-order valence-corrected chi connectivity index (χ4v) is 12.4. The molecule has 4 aliphatic rings. The van der Waals surface area contributed by atoms with E-state index in [4.69, 9.17) is 0 Å². The Hall–Kier alpha value is -4.12. The number of halogens is 4. The Labute approximate surface area is 467 Å². The second kappa shape index (κ2) is 19.2. The van der Waals surface area contributed by atoms with Gasteiger partial charge in [-0.2, -0.15) is 18.3 Å². The highest BCUT2D eigenvalue weighted by atomic mass is 127. The minimum Gasteiger partial charge on any atom is -1.00 e. The van der Waals surface area contributed by atoms with E-state index in [9.17, 15) is 0 Å². The van der Waals surface area contributed by atoms with Crippen LogP contribution in [0.5, 0.6) is 0 Å². The summed E-state index contributed by atoms with van der Waals surface area (Å²) in [5.41, 5.74) is 23.6. The Bertz CT molecular complexity index is 3210. The molecule has 0 N–H and O–H groups in total. The predicted molar refractivity (Wildman–Crippen MR) is 259 cm³/mol. The number of hydrogen-bond donors (Lipinski definition) is 0. The zero-order chi connectivity index (χ0) is 42.8. The number of hydrogen-bond acceptors (Lipinski definition) is 0. The molecule has 8 heteroatoms. The van der Waals surface area contributed by atoms with Gasteiger partial charge in [0.1, 0.15) is 0 Å². The minimum atomic E-state index is 0. The van der Waals surface area contributed by atoms with Crippen LogP contribution in [0.25, 0.3) is 88.1 Å². The van der Waals surface area contributed by atoms with Crippen LogP contribution in [0, 0.1) is 27.7 Å². The number of pyridine rings is 4. The van der Waals surface area contributed by atoms with Crippen LogP contribution >= 0.6 is 0 Å². The highest BCUT2D eigenvalue weighted by molar-refractivity contribution is 6.05. The molecule has 0 radical (unpaired) electrons. The molecule has 0 amide bonds. The second-order valence-electron chi connectivity index (χ2n) is 18.7.